The second-order valence-corrected chi connectivity index (χ2v) is 22.7. The van der Waals surface area contributed by atoms with E-state index in [-0.39, 0.29) is 0 Å². The van der Waals surface area contributed by atoms with Gasteiger partial charge in [-0.3, -0.25) is 0 Å². The molecule has 0 radical (unpaired) electrons. The molecule has 0 spiro atoms. The molecule has 0 saturated heterocycles. The maximum Gasteiger partial charge on any atom is 0.332 e. The van der Waals surface area contributed by atoms with E-state index in [1.807, 2.05) is 0 Å². The lowest BCUT2D eigenvalue weighted by molar-refractivity contribution is 0.153. The van der Waals surface area contributed by atoms with Gasteiger partial charge in [0.25, 0.3) is 0 Å². The fraction of sp³-hybridized carbons (Fsp3) is 1.00. The maximum absolute atomic E-state index is 6.12. The van der Waals surface area contributed by atoms with E-state index < -0.39 is 17.2 Å². The lowest BCUT2D eigenvalue weighted by Crippen LogP contribution is -2.00. The summed E-state index contributed by atoms with van der Waals surface area (Å²) in [5, 5.41) is 0. The molecule has 0 atom stereocenters. The zero-order valence-corrected chi connectivity index (χ0v) is 49.3. The molecule has 0 bridgehead atoms. The first-order valence-corrected chi connectivity index (χ1v) is 33.3. The molecule has 0 unspecified atom stereocenters. The van der Waals surface area contributed by atoms with Gasteiger partial charge in [0, 0.05) is 0 Å². The summed E-state index contributed by atoms with van der Waals surface area (Å²) in [6.45, 7) is 18.4. The third kappa shape index (κ3) is 64.6. The lowest BCUT2D eigenvalue weighted by Gasteiger charge is -2.17. The predicted molar refractivity (Wildman–Crippen MR) is 305 cm³/mol. The van der Waals surface area contributed by atoms with Crippen molar-refractivity contribution in [3.05, 3.63) is 0 Å². The molecule has 0 aliphatic rings. The normalized spacial score (nSPS) is 11.6. The van der Waals surface area contributed by atoms with Gasteiger partial charge in [-0.05, 0) is 38.5 Å². The molecule has 0 aliphatic heterocycles. The van der Waals surface area contributed by atoms with Crippen molar-refractivity contribution in [2.45, 2.75) is 350 Å². The minimum atomic E-state index is -1.17. The smallest absolute Gasteiger partial charge is 0.312 e. The fourth-order valence-electron chi connectivity index (χ4n) is 8.47. The molecule has 0 rings (SSSR count). The van der Waals surface area contributed by atoms with Crippen LogP contribution in [0.15, 0.2) is 0 Å². The van der Waals surface area contributed by atoms with E-state index in [9.17, 15) is 0 Å². The van der Waals surface area contributed by atoms with Gasteiger partial charge < -0.3 is 27.1 Å². The van der Waals surface area contributed by atoms with Crippen LogP contribution in [0.3, 0.4) is 0 Å². The van der Waals surface area contributed by atoms with Crippen LogP contribution in [-0.4, -0.2) is 39.6 Å². The van der Waals surface area contributed by atoms with Gasteiger partial charge >= 0.3 is 17.2 Å². The Labute approximate surface area is 431 Å². The summed E-state index contributed by atoms with van der Waals surface area (Å²) >= 11 is 0. The van der Waals surface area contributed by atoms with E-state index in [0.29, 0.717) is 0 Å². The molecule has 0 aromatic heterocycles. The van der Waals surface area contributed by atoms with Crippen LogP contribution in [0.5, 0.6) is 0 Å². The minimum Gasteiger partial charge on any atom is -0.312 e. The predicted octanol–water partition coefficient (Wildman–Crippen LogP) is 23.4. The summed E-state index contributed by atoms with van der Waals surface area (Å²) in [4.78, 5) is 0. The summed E-state index contributed by atoms with van der Waals surface area (Å²) in [5.74, 6) is 0. The van der Waals surface area contributed by atoms with Gasteiger partial charge in [0.15, 0.2) is 0 Å². The monoisotopic (exact) mass is 1000 g/mol. The van der Waals surface area contributed by atoms with Crippen molar-refractivity contribution in [3.63, 3.8) is 0 Å². The Morgan fingerprint density at radius 2 is 0.250 bits per heavy atom. The Hall–Kier alpha value is 0.620. The van der Waals surface area contributed by atoms with Gasteiger partial charge in [-0.15, -0.1) is 0 Å². The summed E-state index contributed by atoms with van der Waals surface area (Å²) in [7, 11) is -2.31. The molecule has 0 aromatic carbocycles. The molecular weight excluding hydrogens is 879 g/mol. The minimum absolute atomic E-state index is 0.783. The van der Waals surface area contributed by atoms with Crippen molar-refractivity contribution < 1.29 is 27.1 Å². The number of hydrogen-bond donors (Lipinski definition) is 0. The summed E-state index contributed by atoms with van der Waals surface area (Å²) in [6, 6.07) is 0. The van der Waals surface area contributed by atoms with Crippen LogP contribution in [-0.2, 0) is 27.1 Å². The second-order valence-electron chi connectivity index (χ2n) is 20.3. The Kier molecular flexibility index (Phi) is 70.3. The van der Waals surface area contributed by atoms with E-state index >= 15 is 0 Å². The van der Waals surface area contributed by atoms with Gasteiger partial charge in [0.05, 0.1) is 39.6 Å². The molecular formula is C60H126O6P2. The molecule has 0 aromatic rings. The van der Waals surface area contributed by atoms with Crippen molar-refractivity contribution in [1.29, 1.82) is 0 Å². The lowest BCUT2D eigenvalue weighted by atomic mass is 10.1. The standard InChI is InChI=1S/C36H75O3P.C24H51O3P/c1-4-7-10-13-16-19-22-25-28-31-34-37-40(38-35-32-29-26-23-20-17-14-11-8-5-2)39-36-33-30-27-24-21-18-15-12-9-6-3;1-4-7-10-13-16-19-22-25-28(26-23-20-17-14-11-8-5-2)27-24-21-18-15-12-9-6-3/h4-36H2,1-3H3;4-24H2,1-3H3. The highest BCUT2D eigenvalue weighted by Gasteiger charge is 2.14. The highest BCUT2D eigenvalue weighted by Crippen LogP contribution is 2.41. The molecule has 0 amide bonds. The average molecular weight is 1010 g/mol. The number of hydrogen-bond acceptors (Lipinski definition) is 6. The third-order valence-electron chi connectivity index (χ3n) is 13.2. The number of rotatable bonds is 60. The van der Waals surface area contributed by atoms with Crippen LogP contribution in [0, 0.1) is 0 Å². The van der Waals surface area contributed by atoms with Crippen LogP contribution in [0.2, 0.25) is 0 Å². The first kappa shape index (κ1) is 70.7. The van der Waals surface area contributed by atoms with Crippen LogP contribution in [0.1, 0.15) is 350 Å². The van der Waals surface area contributed by atoms with Crippen molar-refractivity contribution in [2.24, 2.45) is 0 Å². The van der Waals surface area contributed by atoms with Crippen LogP contribution in [0.4, 0.5) is 0 Å². The van der Waals surface area contributed by atoms with Crippen molar-refractivity contribution in [3.8, 4) is 0 Å². The van der Waals surface area contributed by atoms with Crippen molar-refractivity contribution in [1.82, 2.24) is 0 Å². The highest BCUT2D eigenvalue weighted by molar-refractivity contribution is 7.41. The molecule has 68 heavy (non-hydrogen) atoms. The summed E-state index contributed by atoms with van der Waals surface area (Å²) < 4.78 is 36.2. The Balaban J connectivity index is 0. The van der Waals surface area contributed by atoms with Gasteiger partial charge in [-0.25, -0.2) is 0 Å². The Bertz CT molecular complexity index is 735. The topological polar surface area (TPSA) is 55.4 Å². The SMILES string of the molecule is CCCCCCCCCCCCOP(OCCCCCCCCCCCC)OCCCCCCCCCCCC.CCCCCCCCOP(OCCCCCCCC)OCCCCCCCC. The molecule has 6 nitrogen and oxygen atoms in total. The van der Waals surface area contributed by atoms with Crippen LogP contribution in [0.25, 0.3) is 0 Å². The molecule has 0 fully saturated rings. The van der Waals surface area contributed by atoms with Crippen molar-refractivity contribution >= 4 is 17.2 Å². The Morgan fingerprint density at radius 3 is 0.368 bits per heavy atom. The van der Waals surface area contributed by atoms with E-state index in [2.05, 4.69) is 41.5 Å². The van der Waals surface area contributed by atoms with E-state index in [0.717, 1.165) is 78.2 Å². The summed E-state index contributed by atoms with van der Waals surface area (Å²) in [6.07, 6.45) is 63.8. The third-order valence-corrected chi connectivity index (χ3v) is 15.5. The largest absolute Gasteiger partial charge is 0.332 e. The summed E-state index contributed by atoms with van der Waals surface area (Å²) in [5.41, 5.74) is 0. The van der Waals surface area contributed by atoms with E-state index in [4.69, 9.17) is 27.1 Å². The maximum atomic E-state index is 6.12. The van der Waals surface area contributed by atoms with Gasteiger partial charge in [0.1, 0.15) is 0 Å². The first-order chi connectivity index (χ1) is 33.7. The van der Waals surface area contributed by atoms with E-state index in [1.165, 1.54) is 270 Å². The molecule has 0 aliphatic carbocycles. The molecule has 0 saturated carbocycles. The molecule has 412 valence electrons. The molecule has 0 heterocycles. The van der Waals surface area contributed by atoms with Gasteiger partial charge in [-0.2, -0.15) is 0 Å². The van der Waals surface area contributed by atoms with Gasteiger partial charge in [-0.1, -0.05) is 311 Å². The van der Waals surface area contributed by atoms with E-state index in [1.54, 1.807) is 0 Å². The quantitative estimate of drug-likeness (QED) is 0.0447. The van der Waals surface area contributed by atoms with Crippen LogP contribution < -0.4 is 0 Å². The van der Waals surface area contributed by atoms with Crippen molar-refractivity contribution in [2.75, 3.05) is 39.6 Å². The zero-order valence-electron chi connectivity index (χ0n) is 47.5. The molecule has 8 heteroatoms. The highest BCUT2D eigenvalue weighted by atomic mass is 31.2. The zero-order chi connectivity index (χ0) is 49.6. The molecule has 0 N–H and O–H groups in total. The van der Waals surface area contributed by atoms with Gasteiger partial charge in [0.2, 0.25) is 0 Å². The Morgan fingerprint density at radius 1 is 0.147 bits per heavy atom. The average Bonchev–Trinajstić information content (AvgIpc) is 3.35. The van der Waals surface area contributed by atoms with Crippen LogP contribution >= 0.6 is 17.2 Å². The number of unbranched alkanes of at least 4 members (excludes halogenated alkanes) is 42. The second kappa shape index (κ2) is 67.6. The first-order valence-electron chi connectivity index (χ1n) is 31.1. The fourth-order valence-corrected chi connectivity index (χ4v) is 10.6.